The lowest BCUT2D eigenvalue weighted by Crippen LogP contribution is -2.34. The molecule has 0 unspecified atom stereocenters. The van der Waals surface area contributed by atoms with Crippen LogP contribution < -0.4 is 5.32 Å². The molecule has 6 nitrogen and oxygen atoms in total. The van der Waals surface area contributed by atoms with E-state index in [1.165, 1.54) is 13.8 Å². The molecule has 1 aromatic carbocycles. The van der Waals surface area contributed by atoms with Crippen LogP contribution in [0.15, 0.2) is 24.3 Å². The van der Waals surface area contributed by atoms with E-state index >= 15 is 0 Å². The van der Waals surface area contributed by atoms with Gasteiger partial charge in [0.15, 0.2) is 5.78 Å². The summed E-state index contributed by atoms with van der Waals surface area (Å²) in [7, 11) is 1.57. The Bertz CT molecular complexity index is 525. The fourth-order valence-electron chi connectivity index (χ4n) is 1.88. The van der Waals surface area contributed by atoms with E-state index in [1.807, 2.05) is 0 Å². The number of carbonyl (C=O) groups excluding carboxylic acids is 3. The standard InChI is InChI=1S/C16H22N2O4/c1-12(19)14-4-6-15(7-5-14)17-16(21)8-9-18(13(2)20)10-11-22-3/h4-7H,8-11H2,1-3H3,(H,17,21). The normalized spacial score (nSPS) is 10.1. The molecule has 0 aliphatic carbocycles. The smallest absolute Gasteiger partial charge is 0.226 e. The predicted octanol–water partition coefficient (Wildman–Crippen LogP) is 1.71. The van der Waals surface area contributed by atoms with Crippen LogP contribution in [0.3, 0.4) is 0 Å². The Morgan fingerprint density at radius 1 is 1.09 bits per heavy atom. The highest BCUT2D eigenvalue weighted by atomic mass is 16.5. The lowest BCUT2D eigenvalue weighted by molar-refractivity contribution is -0.130. The Morgan fingerprint density at radius 2 is 1.73 bits per heavy atom. The SMILES string of the molecule is COCCN(CCC(=O)Nc1ccc(C(C)=O)cc1)C(C)=O. The van der Waals surface area contributed by atoms with Crippen LogP contribution >= 0.6 is 0 Å². The van der Waals surface area contributed by atoms with E-state index in [0.717, 1.165) is 0 Å². The van der Waals surface area contributed by atoms with Crippen LogP contribution in [0.5, 0.6) is 0 Å². The van der Waals surface area contributed by atoms with E-state index in [1.54, 1.807) is 36.3 Å². The van der Waals surface area contributed by atoms with Gasteiger partial charge in [-0.15, -0.1) is 0 Å². The van der Waals surface area contributed by atoms with Gasteiger partial charge in [0, 0.05) is 44.8 Å². The monoisotopic (exact) mass is 306 g/mol. The van der Waals surface area contributed by atoms with Crippen LogP contribution in [0, 0.1) is 0 Å². The largest absolute Gasteiger partial charge is 0.383 e. The van der Waals surface area contributed by atoms with Crippen molar-refractivity contribution in [1.82, 2.24) is 4.90 Å². The van der Waals surface area contributed by atoms with Gasteiger partial charge in [0.05, 0.1) is 6.61 Å². The lowest BCUT2D eigenvalue weighted by atomic mass is 10.1. The molecule has 0 heterocycles. The molecule has 0 aromatic heterocycles. The molecule has 22 heavy (non-hydrogen) atoms. The van der Waals surface area contributed by atoms with Crippen molar-refractivity contribution in [2.24, 2.45) is 0 Å². The van der Waals surface area contributed by atoms with Gasteiger partial charge in [-0.3, -0.25) is 14.4 Å². The third kappa shape index (κ3) is 6.05. The maximum absolute atomic E-state index is 11.9. The van der Waals surface area contributed by atoms with Crippen molar-refractivity contribution < 1.29 is 19.1 Å². The molecule has 0 saturated heterocycles. The van der Waals surface area contributed by atoms with Crippen LogP contribution in [0.2, 0.25) is 0 Å². The first-order valence-electron chi connectivity index (χ1n) is 7.09. The number of rotatable bonds is 8. The number of nitrogens with zero attached hydrogens (tertiary/aromatic N) is 1. The van der Waals surface area contributed by atoms with Gasteiger partial charge in [0.1, 0.15) is 0 Å². The van der Waals surface area contributed by atoms with Crippen LogP contribution in [0.1, 0.15) is 30.6 Å². The molecule has 0 radical (unpaired) electrons. The average molecular weight is 306 g/mol. The van der Waals surface area contributed by atoms with Crippen LogP contribution in [0.25, 0.3) is 0 Å². The number of Topliss-reactive ketones (excluding diaryl/α,β-unsaturated/α-hetero) is 1. The summed E-state index contributed by atoms with van der Waals surface area (Å²) in [6.07, 6.45) is 0.206. The molecule has 120 valence electrons. The predicted molar refractivity (Wildman–Crippen MR) is 83.8 cm³/mol. The van der Waals surface area contributed by atoms with Crippen molar-refractivity contribution in [3.63, 3.8) is 0 Å². The minimum absolute atomic E-state index is 0.0203. The van der Waals surface area contributed by atoms with Gasteiger partial charge >= 0.3 is 0 Å². The van der Waals surface area contributed by atoms with Gasteiger partial charge in [-0.05, 0) is 31.2 Å². The van der Waals surface area contributed by atoms with E-state index in [4.69, 9.17) is 4.74 Å². The summed E-state index contributed by atoms with van der Waals surface area (Å²) in [5.41, 5.74) is 1.22. The number of nitrogens with one attached hydrogen (secondary N) is 1. The maximum Gasteiger partial charge on any atom is 0.226 e. The van der Waals surface area contributed by atoms with Crippen LogP contribution in [-0.2, 0) is 14.3 Å². The van der Waals surface area contributed by atoms with Crippen molar-refractivity contribution >= 4 is 23.3 Å². The summed E-state index contributed by atoms with van der Waals surface area (Å²) < 4.78 is 4.93. The summed E-state index contributed by atoms with van der Waals surface area (Å²) in [5.74, 6) is -0.289. The summed E-state index contributed by atoms with van der Waals surface area (Å²) >= 11 is 0. The molecule has 1 aromatic rings. The number of hydrogen-bond donors (Lipinski definition) is 1. The number of methoxy groups -OCH3 is 1. The Hall–Kier alpha value is -2.21. The third-order valence-electron chi connectivity index (χ3n) is 3.19. The molecule has 6 heteroatoms. The minimum Gasteiger partial charge on any atom is -0.383 e. The average Bonchev–Trinajstić information content (AvgIpc) is 2.47. The van der Waals surface area contributed by atoms with Crippen molar-refractivity contribution in [3.05, 3.63) is 29.8 Å². The molecule has 0 atom stereocenters. The third-order valence-corrected chi connectivity index (χ3v) is 3.19. The molecule has 0 spiro atoms. The zero-order valence-electron chi connectivity index (χ0n) is 13.2. The van der Waals surface area contributed by atoms with Crippen LogP contribution in [0.4, 0.5) is 5.69 Å². The molecule has 1 N–H and O–H groups in total. The molecule has 0 aliphatic heterocycles. The Labute approximate surface area is 130 Å². The quantitative estimate of drug-likeness (QED) is 0.742. The zero-order chi connectivity index (χ0) is 16.5. The van der Waals surface area contributed by atoms with E-state index in [0.29, 0.717) is 30.9 Å². The first kappa shape index (κ1) is 17.8. The highest BCUT2D eigenvalue weighted by Crippen LogP contribution is 2.10. The second-order valence-electron chi connectivity index (χ2n) is 4.93. The lowest BCUT2D eigenvalue weighted by Gasteiger charge is -2.20. The Kier molecular flexibility index (Phi) is 7.25. The summed E-state index contributed by atoms with van der Waals surface area (Å²) in [6.45, 7) is 4.20. The molecule has 0 saturated carbocycles. The second kappa shape index (κ2) is 8.94. The molecular weight excluding hydrogens is 284 g/mol. The number of hydrogen-bond acceptors (Lipinski definition) is 4. The second-order valence-corrected chi connectivity index (χ2v) is 4.93. The topological polar surface area (TPSA) is 75.7 Å². The van der Waals surface area contributed by atoms with Crippen molar-refractivity contribution in [1.29, 1.82) is 0 Å². The Morgan fingerprint density at radius 3 is 2.23 bits per heavy atom. The number of amides is 2. The van der Waals surface area contributed by atoms with Gasteiger partial charge in [0.25, 0.3) is 0 Å². The van der Waals surface area contributed by atoms with Crippen molar-refractivity contribution in [2.75, 3.05) is 32.1 Å². The minimum atomic E-state index is -0.181. The fraction of sp³-hybridized carbons (Fsp3) is 0.438. The number of anilines is 1. The number of ketones is 1. The van der Waals surface area contributed by atoms with Gasteiger partial charge in [-0.1, -0.05) is 0 Å². The molecule has 1 rings (SSSR count). The molecule has 0 fully saturated rings. The summed E-state index contributed by atoms with van der Waals surface area (Å²) in [5, 5.41) is 2.74. The van der Waals surface area contributed by atoms with E-state index < -0.39 is 0 Å². The molecular formula is C16H22N2O4. The summed E-state index contributed by atoms with van der Waals surface area (Å²) in [6, 6.07) is 6.70. The first-order chi connectivity index (χ1) is 10.4. The zero-order valence-corrected chi connectivity index (χ0v) is 13.2. The highest BCUT2D eigenvalue weighted by molar-refractivity contribution is 5.95. The van der Waals surface area contributed by atoms with Crippen LogP contribution in [-0.4, -0.2) is 49.3 Å². The van der Waals surface area contributed by atoms with E-state index in [-0.39, 0.29) is 24.0 Å². The van der Waals surface area contributed by atoms with Gasteiger partial charge < -0.3 is 15.0 Å². The van der Waals surface area contributed by atoms with Crippen molar-refractivity contribution in [3.8, 4) is 0 Å². The van der Waals surface area contributed by atoms with E-state index in [2.05, 4.69) is 5.32 Å². The maximum atomic E-state index is 11.9. The van der Waals surface area contributed by atoms with Gasteiger partial charge in [-0.2, -0.15) is 0 Å². The van der Waals surface area contributed by atoms with E-state index in [9.17, 15) is 14.4 Å². The molecule has 2 amide bonds. The van der Waals surface area contributed by atoms with Gasteiger partial charge in [0.2, 0.25) is 11.8 Å². The highest BCUT2D eigenvalue weighted by Gasteiger charge is 2.11. The van der Waals surface area contributed by atoms with Crippen molar-refractivity contribution in [2.45, 2.75) is 20.3 Å². The number of carbonyl (C=O) groups is 3. The molecule has 0 aliphatic rings. The number of ether oxygens (including phenoxy) is 1. The summed E-state index contributed by atoms with van der Waals surface area (Å²) in [4.78, 5) is 36.1. The Balaban J connectivity index is 2.47. The van der Waals surface area contributed by atoms with Gasteiger partial charge in [-0.25, -0.2) is 0 Å². The molecule has 0 bridgehead atoms. The first-order valence-corrected chi connectivity index (χ1v) is 7.09. The number of benzene rings is 1. The fourth-order valence-corrected chi connectivity index (χ4v) is 1.88.